The summed E-state index contributed by atoms with van der Waals surface area (Å²) in [6.07, 6.45) is -0.500. The van der Waals surface area contributed by atoms with E-state index in [0.29, 0.717) is 35.3 Å². The van der Waals surface area contributed by atoms with Crippen molar-refractivity contribution in [2.45, 2.75) is 13.1 Å². The summed E-state index contributed by atoms with van der Waals surface area (Å²) in [7, 11) is 0. The molecule has 0 bridgehead atoms. The number of halogens is 3. The van der Waals surface area contributed by atoms with Crippen molar-refractivity contribution < 1.29 is 22.7 Å². The van der Waals surface area contributed by atoms with Crippen molar-refractivity contribution in [2.75, 3.05) is 6.61 Å². The molecule has 2 aromatic rings. The number of ether oxygens (including phenoxy) is 1. The van der Waals surface area contributed by atoms with Gasteiger partial charge >= 0.3 is 6.18 Å². The van der Waals surface area contributed by atoms with Gasteiger partial charge < -0.3 is 4.74 Å². The van der Waals surface area contributed by atoms with Crippen molar-refractivity contribution in [1.29, 1.82) is 0 Å². The van der Waals surface area contributed by atoms with Crippen molar-refractivity contribution in [2.24, 2.45) is 0 Å². The third kappa shape index (κ3) is 4.22. The van der Waals surface area contributed by atoms with Gasteiger partial charge in [-0.15, -0.1) is 0 Å². The van der Waals surface area contributed by atoms with E-state index in [0.717, 1.165) is 12.1 Å². The summed E-state index contributed by atoms with van der Waals surface area (Å²) in [4.78, 5) is 11.1. The van der Waals surface area contributed by atoms with Gasteiger partial charge in [-0.3, -0.25) is 4.79 Å². The Kier molecular flexibility index (Phi) is 5.21. The molecule has 5 heteroatoms. The normalized spacial score (nSPS) is 11.7. The lowest BCUT2D eigenvalue weighted by Gasteiger charge is -2.10. The molecule has 0 spiro atoms. The minimum absolute atomic E-state index is 0.384. The molecule has 0 amide bonds. The molecule has 0 saturated carbocycles. The summed E-state index contributed by atoms with van der Waals surface area (Å²) in [5.74, 6) is 0.424. The Morgan fingerprint density at radius 1 is 1.04 bits per heavy atom. The van der Waals surface area contributed by atoms with E-state index in [4.69, 9.17) is 4.74 Å². The first kappa shape index (κ1) is 16.8. The largest absolute Gasteiger partial charge is 0.493 e. The van der Waals surface area contributed by atoms with E-state index in [1.54, 1.807) is 43.3 Å². The van der Waals surface area contributed by atoms with Gasteiger partial charge in [-0.2, -0.15) is 13.2 Å². The van der Waals surface area contributed by atoms with Gasteiger partial charge in [-0.1, -0.05) is 36.4 Å². The fourth-order valence-electron chi connectivity index (χ4n) is 2.11. The van der Waals surface area contributed by atoms with Crippen LogP contribution in [0, 0.1) is 0 Å². The van der Waals surface area contributed by atoms with Crippen LogP contribution in [0.5, 0.6) is 5.75 Å². The maximum atomic E-state index is 12.7. The second kappa shape index (κ2) is 7.13. The predicted octanol–water partition coefficient (Wildman–Crippen LogP) is 5.09. The van der Waals surface area contributed by atoms with Crippen molar-refractivity contribution in [3.63, 3.8) is 0 Å². The molecule has 0 aliphatic heterocycles. The minimum atomic E-state index is -4.38. The van der Waals surface area contributed by atoms with E-state index in [1.807, 2.05) is 0 Å². The number of hydrogen-bond acceptors (Lipinski definition) is 2. The van der Waals surface area contributed by atoms with Crippen LogP contribution in [0.1, 0.15) is 34.0 Å². The van der Waals surface area contributed by atoms with Gasteiger partial charge in [0, 0.05) is 5.56 Å². The van der Waals surface area contributed by atoms with Crippen LogP contribution in [0.3, 0.4) is 0 Å². The smallest absolute Gasteiger partial charge is 0.416 e. The van der Waals surface area contributed by atoms with E-state index < -0.39 is 11.7 Å². The van der Waals surface area contributed by atoms with Gasteiger partial charge in [0.1, 0.15) is 5.75 Å². The van der Waals surface area contributed by atoms with Gasteiger partial charge in [-0.25, -0.2) is 0 Å². The molecule has 0 N–H and O–H groups in total. The standard InChI is InChI=1S/C18H15F3O2/c1-2-23-17-14(6-4-7-15(17)12-22)10-9-13-5-3-8-16(11-13)18(19,20)21/h3-12H,2H2,1H3/b10-9+. The minimum Gasteiger partial charge on any atom is -0.493 e. The highest BCUT2D eigenvalue weighted by molar-refractivity contribution is 5.84. The molecule has 2 nitrogen and oxygen atoms in total. The van der Waals surface area contributed by atoms with Crippen LogP contribution in [0.15, 0.2) is 42.5 Å². The lowest BCUT2D eigenvalue weighted by atomic mass is 10.1. The number of alkyl halides is 3. The summed E-state index contributed by atoms with van der Waals surface area (Å²) >= 11 is 0. The summed E-state index contributed by atoms with van der Waals surface area (Å²) in [5.41, 5.74) is 0.747. The molecule has 23 heavy (non-hydrogen) atoms. The van der Waals surface area contributed by atoms with Crippen LogP contribution in [0.2, 0.25) is 0 Å². The first-order valence-electron chi connectivity index (χ1n) is 7.02. The van der Waals surface area contributed by atoms with E-state index in [9.17, 15) is 18.0 Å². The zero-order chi connectivity index (χ0) is 16.9. The van der Waals surface area contributed by atoms with Crippen LogP contribution in [0.25, 0.3) is 12.2 Å². The van der Waals surface area contributed by atoms with Gasteiger partial charge in [-0.05, 0) is 30.7 Å². The Hall–Kier alpha value is -2.56. The summed E-state index contributed by atoms with van der Waals surface area (Å²) < 4.78 is 43.6. The van der Waals surface area contributed by atoms with Crippen molar-refractivity contribution >= 4 is 18.4 Å². The molecule has 0 aromatic heterocycles. The second-order valence-corrected chi connectivity index (χ2v) is 4.77. The SMILES string of the molecule is CCOc1c(C=O)cccc1/C=C/c1cccc(C(F)(F)F)c1. The molecule has 0 unspecified atom stereocenters. The van der Waals surface area contributed by atoms with Crippen molar-refractivity contribution in [3.8, 4) is 5.75 Å². The number of carbonyl (C=O) groups excluding carboxylic acids is 1. The highest BCUT2D eigenvalue weighted by Crippen LogP contribution is 2.30. The van der Waals surface area contributed by atoms with Crippen LogP contribution in [0.4, 0.5) is 13.2 Å². The first-order valence-corrected chi connectivity index (χ1v) is 7.02. The zero-order valence-electron chi connectivity index (χ0n) is 12.4. The van der Waals surface area contributed by atoms with Gasteiger partial charge in [0.05, 0.1) is 17.7 Å². The Balaban J connectivity index is 2.36. The molecule has 0 atom stereocenters. The molecule has 2 aromatic carbocycles. The summed E-state index contributed by atoms with van der Waals surface area (Å²) in [6.45, 7) is 2.18. The number of carbonyl (C=O) groups is 1. The number of aldehydes is 1. The van der Waals surface area contributed by atoms with E-state index in [2.05, 4.69) is 0 Å². The molecule has 0 fully saturated rings. The number of hydrogen-bond donors (Lipinski definition) is 0. The Labute approximate surface area is 132 Å². The van der Waals surface area contributed by atoms with Crippen LogP contribution < -0.4 is 4.74 Å². The van der Waals surface area contributed by atoms with E-state index in [-0.39, 0.29) is 0 Å². The molecule has 0 saturated heterocycles. The molecular formula is C18H15F3O2. The van der Waals surface area contributed by atoms with Crippen molar-refractivity contribution in [3.05, 3.63) is 64.7 Å². The van der Waals surface area contributed by atoms with Crippen LogP contribution in [-0.4, -0.2) is 12.9 Å². The fourth-order valence-corrected chi connectivity index (χ4v) is 2.11. The van der Waals surface area contributed by atoms with E-state index in [1.165, 1.54) is 6.07 Å². The average Bonchev–Trinajstić information content (AvgIpc) is 2.53. The number of para-hydroxylation sites is 1. The molecule has 0 heterocycles. The Bertz CT molecular complexity index is 718. The summed E-state index contributed by atoms with van der Waals surface area (Å²) in [6, 6.07) is 10.1. The second-order valence-electron chi connectivity index (χ2n) is 4.77. The van der Waals surface area contributed by atoms with E-state index >= 15 is 0 Å². The molecule has 0 aliphatic rings. The molecule has 0 aliphatic carbocycles. The Morgan fingerprint density at radius 3 is 2.39 bits per heavy atom. The highest BCUT2D eigenvalue weighted by atomic mass is 19.4. The maximum absolute atomic E-state index is 12.7. The Morgan fingerprint density at radius 2 is 1.74 bits per heavy atom. The zero-order valence-corrected chi connectivity index (χ0v) is 12.4. The lowest BCUT2D eigenvalue weighted by molar-refractivity contribution is -0.137. The third-order valence-electron chi connectivity index (χ3n) is 3.16. The topological polar surface area (TPSA) is 26.3 Å². The molecule has 120 valence electrons. The first-order chi connectivity index (χ1) is 11.0. The predicted molar refractivity (Wildman–Crippen MR) is 83.4 cm³/mol. The third-order valence-corrected chi connectivity index (χ3v) is 3.16. The maximum Gasteiger partial charge on any atom is 0.416 e. The monoisotopic (exact) mass is 320 g/mol. The summed E-state index contributed by atoms with van der Waals surface area (Å²) in [5, 5.41) is 0. The average molecular weight is 320 g/mol. The number of rotatable bonds is 5. The van der Waals surface area contributed by atoms with Crippen LogP contribution in [-0.2, 0) is 6.18 Å². The highest BCUT2D eigenvalue weighted by Gasteiger charge is 2.30. The molecular weight excluding hydrogens is 305 g/mol. The fraction of sp³-hybridized carbons (Fsp3) is 0.167. The van der Waals surface area contributed by atoms with Gasteiger partial charge in [0.25, 0.3) is 0 Å². The van der Waals surface area contributed by atoms with Crippen molar-refractivity contribution in [1.82, 2.24) is 0 Å². The van der Waals surface area contributed by atoms with Gasteiger partial charge in [0.15, 0.2) is 6.29 Å². The van der Waals surface area contributed by atoms with Crippen LogP contribution >= 0.6 is 0 Å². The molecule has 0 radical (unpaired) electrons. The van der Waals surface area contributed by atoms with Gasteiger partial charge in [0.2, 0.25) is 0 Å². The lowest BCUT2D eigenvalue weighted by Crippen LogP contribution is -2.04. The number of benzene rings is 2. The quantitative estimate of drug-likeness (QED) is 0.567. The molecule has 2 rings (SSSR count).